The molecule has 1 aromatic rings. The molecular formula is C15H23NO2. The average molecular weight is 249 g/mol. The molecule has 0 bridgehead atoms. The van der Waals surface area contributed by atoms with Crippen LogP contribution in [-0.2, 0) is 0 Å². The number of rotatable bonds is 8. The fourth-order valence-electron chi connectivity index (χ4n) is 1.95. The average Bonchev–Trinajstić information content (AvgIpc) is 3.19. The molecule has 0 saturated heterocycles. The number of nitrogens with one attached hydrogen (secondary N) is 1. The van der Waals surface area contributed by atoms with Gasteiger partial charge in [0.1, 0.15) is 11.5 Å². The molecule has 3 heteroatoms. The summed E-state index contributed by atoms with van der Waals surface area (Å²) in [5.74, 6) is 1.73. The lowest BCUT2D eigenvalue weighted by atomic mass is 10.2. The van der Waals surface area contributed by atoms with Crippen molar-refractivity contribution in [1.29, 1.82) is 0 Å². The molecule has 1 unspecified atom stereocenters. The van der Waals surface area contributed by atoms with Gasteiger partial charge in [0.15, 0.2) is 0 Å². The number of hydrogen-bond acceptors (Lipinski definition) is 3. The molecule has 1 fully saturated rings. The second-order valence-corrected chi connectivity index (χ2v) is 4.98. The lowest BCUT2D eigenvalue weighted by Gasteiger charge is -2.15. The fourth-order valence-corrected chi connectivity index (χ4v) is 1.95. The molecule has 0 radical (unpaired) electrons. The van der Waals surface area contributed by atoms with E-state index in [4.69, 9.17) is 9.47 Å². The van der Waals surface area contributed by atoms with Gasteiger partial charge in [-0.15, -0.1) is 0 Å². The summed E-state index contributed by atoms with van der Waals surface area (Å²) in [6.07, 6.45) is 5.21. The van der Waals surface area contributed by atoms with Crippen LogP contribution in [0, 0.1) is 0 Å². The van der Waals surface area contributed by atoms with Crippen LogP contribution >= 0.6 is 0 Å². The van der Waals surface area contributed by atoms with Crippen LogP contribution in [0.25, 0.3) is 0 Å². The van der Waals surface area contributed by atoms with Crippen molar-refractivity contribution < 1.29 is 9.47 Å². The Morgan fingerprint density at radius 2 is 2.11 bits per heavy atom. The minimum absolute atomic E-state index is 0.248. The molecule has 0 spiro atoms. The molecule has 1 aromatic carbocycles. The van der Waals surface area contributed by atoms with Crippen LogP contribution in [0.2, 0.25) is 0 Å². The maximum Gasteiger partial charge on any atom is 0.123 e. The summed E-state index contributed by atoms with van der Waals surface area (Å²) in [6.45, 7) is 3.23. The highest BCUT2D eigenvalue weighted by atomic mass is 16.5. The Hall–Kier alpha value is -1.22. The topological polar surface area (TPSA) is 30.5 Å². The summed E-state index contributed by atoms with van der Waals surface area (Å²) in [6, 6.07) is 8.59. The van der Waals surface area contributed by atoms with Gasteiger partial charge in [0.25, 0.3) is 0 Å². The van der Waals surface area contributed by atoms with E-state index in [9.17, 15) is 0 Å². The molecule has 18 heavy (non-hydrogen) atoms. The second kappa shape index (κ2) is 6.64. The van der Waals surface area contributed by atoms with E-state index < -0.39 is 0 Å². The minimum Gasteiger partial charge on any atom is -0.497 e. The van der Waals surface area contributed by atoms with Gasteiger partial charge >= 0.3 is 0 Å². The third kappa shape index (κ3) is 4.57. The van der Waals surface area contributed by atoms with Crippen LogP contribution < -0.4 is 14.8 Å². The van der Waals surface area contributed by atoms with Gasteiger partial charge in [-0.05, 0) is 51.3 Å². The number of ether oxygens (including phenoxy) is 2. The van der Waals surface area contributed by atoms with E-state index in [2.05, 4.69) is 12.2 Å². The highest BCUT2D eigenvalue weighted by molar-refractivity contribution is 5.32. The van der Waals surface area contributed by atoms with Crippen LogP contribution in [0.1, 0.15) is 32.6 Å². The van der Waals surface area contributed by atoms with E-state index in [1.807, 2.05) is 24.3 Å². The van der Waals surface area contributed by atoms with Crippen molar-refractivity contribution in [3.05, 3.63) is 24.3 Å². The molecule has 0 aromatic heterocycles. The third-order valence-electron chi connectivity index (χ3n) is 3.18. The molecule has 1 saturated carbocycles. The Balaban J connectivity index is 1.66. The molecule has 0 amide bonds. The van der Waals surface area contributed by atoms with E-state index in [-0.39, 0.29) is 6.10 Å². The van der Waals surface area contributed by atoms with Crippen molar-refractivity contribution >= 4 is 0 Å². The Morgan fingerprint density at radius 1 is 1.33 bits per heavy atom. The highest BCUT2D eigenvalue weighted by Gasteiger charge is 2.19. The van der Waals surface area contributed by atoms with E-state index in [1.54, 1.807) is 7.11 Å². The maximum atomic E-state index is 5.87. The first-order valence-electron chi connectivity index (χ1n) is 6.82. The maximum absolute atomic E-state index is 5.87. The van der Waals surface area contributed by atoms with Gasteiger partial charge in [0, 0.05) is 12.1 Å². The van der Waals surface area contributed by atoms with Crippen molar-refractivity contribution in [1.82, 2.24) is 5.32 Å². The number of benzene rings is 1. The van der Waals surface area contributed by atoms with Crippen molar-refractivity contribution in [2.75, 3.05) is 13.7 Å². The molecule has 0 heterocycles. The first-order chi connectivity index (χ1) is 8.78. The summed E-state index contributed by atoms with van der Waals surface area (Å²) < 4.78 is 11.0. The van der Waals surface area contributed by atoms with E-state index in [1.165, 1.54) is 19.3 Å². The van der Waals surface area contributed by atoms with Crippen LogP contribution in [0.5, 0.6) is 11.5 Å². The molecule has 3 nitrogen and oxygen atoms in total. The van der Waals surface area contributed by atoms with Crippen LogP contribution in [0.4, 0.5) is 0 Å². The number of methoxy groups -OCH3 is 1. The molecule has 1 atom stereocenters. The Labute approximate surface area is 109 Å². The summed E-state index contributed by atoms with van der Waals surface area (Å²) in [4.78, 5) is 0. The fraction of sp³-hybridized carbons (Fsp3) is 0.600. The number of hydrogen-bond donors (Lipinski definition) is 1. The van der Waals surface area contributed by atoms with Gasteiger partial charge in [-0.1, -0.05) is 6.07 Å². The zero-order valence-corrected chi connectivity index (χ0v) is 11.3. The van der Waals surface area contributed by atoms with Crippen LogP contribution in [-0.4, -0.2) is 25.8 Å². The summed E-state index contributed by atoms with van der Waals surface area (Å²) in [5.41, 5.74) is 0. The predicted molar refractivity (Wildman–Crippen MR) is 73.3 cm³/mol. The predicted octanol–water partition coefficient (Wildman–Crippen LogP) is 2.99. The lowest BCUT2D eigenvalue weighted by molar-refractivity contribution is 0.206. The van der Waals surface area contributed by atoms with Crippen molar-refractivity contribution in [2.45, 2.75) is 44.8 Å². The van der Waals surface area contributed by atoms with Gasteiger partial charge in [0.2, 0.25) is 0 Å². The van der Waals surface area contributed by atoms with E-state index >= 15 is 0 Å². The van der Waals surface area contributed by atoms with Gasteiger partial charge < -0.3 is 14.8 Å². The van der Waals surface area contributed by atoms with Gasteiger partial charge in [-0.2, -0.15) is 0 Å². The van der Waals surface area contributed by atoms with Crippen molar-refractivity contribution in [2.24, 2.45) is 0 Å². The van der Waals surface area contributed by atoms with Crippen molar-refractivity contribution in [3.63, 3.8) is 0 Å². The smallest absolute Gasteiger partial charge is 0.123 e. The first kappa shape index (κ1) is 13.2. The summed E-state index contributed by atoms with van der Waals surface area (Å²) >= 11 is 0. The zero-order valence-electron chi connectivity index (χ0n) is 11.3. The Kier molecular flexibility index (Phi) is 4.88. The van der Waals surface area contributed by atoms with E-state index in [0.717, 1.165) is 30.5 Å². The molecule has 1 aliphatic carbocycles. The molecular weight excluding hydrogens is 226 g/mol. The standard InChI is InChI=1S/C15H23NO2/c1-12(5-4-10-16-13-8-9-13)18-15-7-3-6-14(11-15)17-2/h3,6-7,11-13,16H,4-5,8-10H2,1-2H3. The quantitative estimate of drug-likeness (QED) is 0.718. The van der Waals surface area contributed by atoms with Gasteiger partial charge in [-0.25, -0.2) is 0 Å². The zero-order chi connectivity index (χ0) is 12.8. The van der Waals surface area contributed by atoms with Crippen LogP contribution in [0.3, 0.4) is 0 Å². The van der Waals surface area contributed by atoms with Crippen LogP contribution in [0.15, 0.2) is 24.3 Å². The normalized spacial score (nSPS) is 16.3. The van der Waals surface area contributed by atoms with E-state index in [0.29, 0.717) is 0 Å². The molecule has 2 rings (SSSR count). The molecule has 1 aliphatic rings. The lowest BCUT2D eigenvalue weighted by Crippen LogP contribution is -2.20. The summed E-state index contributed by atoms with van der Waals surface area (Å²) in [7, 11) is 1.67. The molecule has 0 aliphatic heterocycles. The van der Waals surface area contributed by atoms with Crippen molar-refractivity contribution in [3.8, 4) is 11.5 Å². The van der Waals surface area contributed by atoms with Gasteiger partial charge in [-0.3, -0.25) is 0 Å². The highest BCUT2D eigenvalue weighted by Crippen LogP contribution is 2.21. The SMILES string of the molecule is COc1cccc(OC(C)CCCNC2CC2)c1. The third-order valence-corrected chi connectivity index (χ3v) is 3.18. The monoisotopic (exact) mass is 249 g/mol. The first-order valence-corrected chi connectivity index (χ1v) is 6.82. The molecule has 1 N–H and O–H groups in total. The minimum atomic E-state index is 0.248. The Bertz CT molecular complexity index is 363. The van der Waals surface area contributed by atoms with Gasteiger partial charge in [0.05, 0.1) is 13.2 Å². The summed E-state index contributed by atoms with van der Waals surface area (Å²) in [5, 5.41) is 3.52. The second-order valence-electron chi connectivity index (χ2n) is 4.98. The Morgan fingerprint density at radius 3 is 2.83 bits per heavy atom. The largest absolute Gasteiger partial charge is 0.497 e. The molecule has 100 valence electrons.